The van der Waals surface area contributed by atoms with Crippen molar-refractivity contribution in [2.24, 2.45) is 17.1 Å². The van der Waals surface area contributed by atoms with Crippen molar-refractivity contribution in [3.8, 4) is 0 Å². The van der Waals surface area contributed by atoms with Crippen molar-refractivity contribution in [2.75, 3.05) is 32.1 Å². The minimum Gasteiger partial charge on any atom is -0.443 e. The summed E-state index contributed by atoms with van der Waals surface area (Å²) in [4.78, 5) is 13.3. The zero-order valence-electron chi connectivity index (χ0n) is 25.3. The fraction of sp³-hybridized carbons (Fsp3) is 0.469. The molecule has 1 amide bonds. The molecule has 5 rings (SSSR count). The molecule has 5 N–H and O–H groups in total. The Labute approximate surface area is 259 Å². The second-order valence-corrected chi connectivity index (χ2v) is 14.0. The second kappa shape index (κ2) is 13.3. The standard InChI is InChI=1S/C32H42N4O7S/c1-32(2)14-12-22(33)17-29(32)36(44(39,40)24-11-7-10-23(18-24)34-3)19-27(37)26(16-21-8-5-4-6-9-21)35-31(38)43-28-20-42-30-25(28)13-15-41-30/h4-12,14,17-18,25-30,34,37H,13,15-16,19-20,33H2,1-3H3,(H,35,38)/t25-,26-,27+,28-,29?,30+/m0/s1. The van der Waals surface area contributed by atoms with Crippen LogP contribution in [0.1, 0.15) is 25.8 Å². The molecule has 2 aromatic rings. The molecule has 2 fully saturated rings. The summed E-state index contributed by atoms with van der Waals surface area (Å²) >= 11 is 0. The molecule has 0 radical (unpaired) electrons. The number of rotatable bonds is 11. The summed E-state index contributed by atoms with van der Waals surface area (Å²) in [6.45, 7) is 4.28. The van der Waals surface area contributed by atoms with Gasteiger partial charge < -0.3 is 35.7 Å². The second-order valence-electron chi connectivity index (χ2n) is 12.1. The van der Waals surface area contributed by atoms with E-state index >= 15 is 0 Å². The number of nitrogens with one attached hydrogen (secondary N) is 2. The molecule has 0 saturated carbocycles. The van der Waals surface area contributed by atoms with Gasteiger partial charge >= 0.3 is 6.09 Å². The van der Waals surface area contributed by atoms with E-state index in [1.165, 1.54) is 10.4 Å². The highest BCUT2D eigenvalue weighted by atomic mass is 32.2. The van der Waals surface area contributed by atoms with E-state index in [9.17, 15) is 18.3 Å². The quantitative estimate of drug-likeness (QED) is 0.295. The van der Waals surface area contributed by atoms with Gasteiger partial charge in [0.15, 0.2) is 6.29 Å². The van der Waals surface area contributed by atoms with Gasteiger partial charge in [-0.25, -0.2) is 13.2 Å². The number of aliphatic hydroxyl groups is 1. The Morgan fingerprint density at radius 2 is 1.95 bits per heavy atom. The smallest absolute Gasteiger partial charge is 0.407 e. The van der Waals surface area contributed by atoms with Gasteiger partial charge in [0.2, 0.25) is 10.0 Å². The minimum absolute atomic E-state index is 0.0499. The lowest BCUT2D eigenvalue weighted by Crippen LogP contribution is -2.55. The van der Waals surface area contributed by atoms with E-state index in [2.05, 4.69) is 10.6 Å². The zero-order valence-corrected chi connectivity index (χ0v) is 26.1. The van der Waals surface area contributed by atoms with Crippen LogP contribution in [0.2, 0.25) is 0 Å². The maximum absolute atomic E-state index is 14.3. The Morgan fingerprint density at radius 1 is 1.18 bits per heavy atom. The number of hydrogen-bond donors (Lipinski definition) is 4. The molecule has 0 spiro atoms. The molecule has 0 aromatic heterocycles. The number of allylic oxidation sites excluding steroid dienone is 1. The van der Waals surface area contributed by atoms with Gasteiger partial charge in [-0.1, -0.05) is 56.3 Å². The number of ether oxygens (including phenoxy) is 3. The van der Waals surface area contributed by atoms with Crippen molar-refractivity contribution in [2.45, 2.75) is 62.2 Å². The number of anilines is 1. The van der Waals surface area contributed by atoms with Crippen molar-refractivity contribution in [3.05, 3.63) is 84.1 Å². The van der Waals surface area contributed by atoms with E-state index < -0.39 is 45.8 Å². The van der Waals surface area contributed by atoms with Crippen LogP contribution in [0.25, 0.3) is 0 Å². The predicted octanol–water partition coefficient (Wildman–Crippen LogP) is 2.99. The third-order valence-corrected chi connectivity index (χ3v) is 10.4. The number of hydrogen-bond acceptors (Lipinski definition) is 9. The lowest BCUT2D eigenvalue weighted by molar-refractivity contribution is -0.0907. The van der Waals surface area contributed by atoms with Gasteiger partial charge in [-0.15, -0.1) is 0 Å². The summed E-state index contributed by atoms with van der Waals surface area (Å²) in [7, 11) is -2.45. The first-order chi connectivity index (χ1) is 21.0. The lowest BCUT2D eigenvalue weighted by Gasteiger charge is -2.41. The van der Waals surface area contributed by atoms with E-state index in [0.29, 0.717) is 18.0 Å². The number of nitrogens with zero attached hydrogens (tertiary/aromatic N) is 1. The molecule has 3 aliphatic rings. The summed E-state index contributed by atoms with van der Waals surface area (Å²) in [5.74, 6) is -0.0499. The number of amides is 1. The Balaban J connectivity index is 1.44. The minimum atomic E-state index is -4.16. The Kier molecular flexibility index (Phi) is 9.66. The maximum Gasteiger partial charge on any atom is 0.407 e. The SMILES string of the molecule is CNc1cccc(S(=O)(=O)N(C[C@@H](O)[C@H](Cc2ccccc2)NC(=O)O[C@H]2CO[C@H]3OCC[C@H]32)C2C=C(N)C=CC2(C)C)c1. The monoisotopic (exact) mass is 626 g/mol. The maximum atomic E-state index is 14.3. The van der Waals surface area contributed by atoms with Gasteiger partial charge in [-0.05, 0) is 48.8 Å². The van der Waals surface area contributed by atoms with Crippen LogP contribution in [0.4, 0.5) is 10.5 Å². The average Bonchev–Trinajstić information content (AvgIpc) is 3.62. The molecule has 2 saturated heterocycles. The van der Waals surface area contributed by atoms with Crippen molar-refractivity contribution >= 4 is 21.8 Å². The molecular formula is C32H42N4O7S. The van der Waals surface area contributed by atoms with Gasteiger partial charge in [0.1, 0.15) is 6.10 Å². The molecule has 6 atom stereocenters. The van der Waals surface area contributed by atoms with Gasteiger partial charge in [0, 0.05) is 30.4 Å². The molecule has 1 unspecified atom stereocenters. The highest BCUT2D eigenvalue weighted by Gasteiger charge is 2.45. The van der Waals surface area contributed by atoms with E-state index in [4.69, 9.17) is 19.9 Å². The number of carbonyl (C=O) groups excluding carboxylic acids is 1. The van der Waals surface area contributed by atoms with E-state index in [-0.39, 0.29) is 36.7 Å². The Morgan fingerprint density at radius 3 is 2.70 bits per heavy atom. The molecule has 2 aliphatic heterocycles. The van der Waals surface area contributed by atoms with Gasteiger partial charge in [-0.3, -0.25) is 0 Å². The molecule has 11 nitrogen and oxygen atoms in total. The van der Waals surface area contributed by atoms with Crippen LogP contribution in [0, 0.1) is 11.3 Å². The third kappa shape index (κ3) is 7.10. The summed E-state index contributed by atoms with van der Waals surface area (Å²) < 4.78 is 46.8. The molecule has 1 aliphatic carbocycles. The van der Waals surface area contributed by atoms with Gasteiger partial charge in [-0.2, -0.15) is 4.31 Å². The van der Waals surface area contributed by atoms with Crippen molar-refractivity contribution in [3.63, 3.8) is 0 Å². The van der Waals surface area contributed by atoms with Crippen LogP contribution >= 0.6 is 0 Å². The molecule has 44 heavy (non-hydrogen) atoms. The van der Waals surface area contributed by atoms with Gasteiger partial charge in [0.05, 0.1) is 42.2 Å². The molecule has 12 heteroatoms. The number of alkyl carbamates (subject to hydrolysis) is 1. The Bertz CT molecular complexity index is 1480. The number of benzene rings is 2. The van der Waals surface area contributed by atoms with Crippen molar-refractivity contribution in [1.82, 2.24) is 9.62 Å². The normalized spacial score (nSPS) is 25.6. The molecule has 0 bridgehead atoms. The summed E-state index contributed by atoms with van der Waals surface area (Å²) in [5, 5.41) is 17.6. The Hall–Kier alpha value is -3.42. The van der Waals surface area contributed by atoms with Crippen LogP contribution in [0.15, 0.2) is 83.4 Å². The van der Waals surface area contributed by atoms with E-state index in [1.54, 1.807) is 37.4 Å². The van der Waals surface area contributed by atoms with E-state index in [1.807, 2.05) is 50.3 Å². The number of sulfonamides is 1. The summed E-state index contributed by atoms with van der Waals surface area (Å²) in [6, 6.07) is 14.3. The number of fused-ring (bicyclic) bond motifs is 1. The highest BCUT2D eigenvalue weighted by Crippen LogP contribution is 2.36. The number of aliphatic hydroxyl groups excluding tert-OH is 1. The first-order valence-corrected chi connectivity index (χ1v) is 16.3. The number of nitrogens with two attached hydrogens (primary N) is 1. The summed E-state index contributed by atoms with van der Waals surface area (Å²) in [6.07, 6.45) is 3.39. The fourth-order valence-corrected chi connectivity index (χ4v) is 7.74. The zero-order chi connectivity index (χ0) is 31.5. The predicted molar refractivity (Wildman–Crippen MR) is 166 cm³/mol. The third-order valence-electron chi connectivity index (χ3n) is 8.53. The van der Waals surface area contributed by atoms with E-state index in [0.717, 1.165) is 12.0 Å². The van der Waals surface area contributed by atoms with Crippen molar-refractivity contribution in [1.29, 1.82) is 0 Å². The van der Waals surface area contributed by atoms with Gasteiger partial charge in [0.25, 0.3) is 0 Å². The van der Waals surface area contributed by atoms with Crippen LogP contribution < -0.4 is 16.4 Å². The first kappa shape index (κ1) is 32.0. The van der Waals surface area contributed by atoms with Crippen LogP contribution in [-0.4, -0.2) is 81.3 Å². The lowest BCUT2D eigenvalue weighted by atomic mass is 9.80. The van der Waals surface area contributed by atoms with Crippen LogP contribution in [-0.2, 0) is 30.7 Å². The average molecular weight is 627 g/mol. The van der Waals surface area contributed by atoms with Crippen LogP contribution in [0.3, 0.4) is 0 Å². The molecule has 238 valence electrons. The first-order valence-electron chi connectivity index (χ1n) is 14.9. The number of carbonyl (C=O) groups is 1. The topological polar surface area (TPSA) is 152 Å². The van der Waals surface area contributed by atoms with Crippen LogP contribution in [0.5, 0.6) is 0 Å². The highest BCUT2D eigenvalue weighted by molar-refractivity contribution is 7.89. The molecule has 2 heterocycles. The van der Waals surface area contributed by atoms with Crippen molar-refractivity contribution < 1.29 is 32.5 Å². The molecule has 2 aromatic carbocycles. The fourth-order valence-electron chi connectivity index (χ4n) is 5.96. The molecular weight excluding hydrogens is 584 g/mol. The summed E-state index contributed by atoms with van der Waals surface area (Å²) in [5.41, 5.74) is 7.42. The largest absolute Gasteiger partial charge is 0.443 e.